The van der Waals surface area contributed by atoms with Crippen molar-refractivity contribution in [2.24, 2.45) is 17.6 Å². The third kappa shape index (κ3) is 29.6. The number of phenolic OH excluding ortho intramolecular Hbond substituents is 1. The van der Waals surface area contributed by atoms with Crippen LogP contribution in [0, 0.1) is 11.8 Å². The van der Waals surface area contributed by atoms with Gasteiger partial charge in [-0.1, -0.05) is 58.4 Å². The number of urea groups is 1. The average Bonchev–Trinajstić information content (AvgIpc) is 1.77. The number of ether oxygens (including phenoxy) is 5. The third-order valence-corrected chi connectivity index (χ3v) is 18.6. The summed E-state index contributed by atoms with van der Waals surface area (Å²) in [6.45, 7) is 12.7. The Balaban J connectivity index is 0.00000578. The van der Waals surface area contributed by atoms with Gasteiger partial charge in [-0.3, -0.25) is 47.8 Å². The Morgan fingerprint density at radius 1 is 0.667 bits per heavy atom. The molecule has 99 heavy (non-hydrogen) atoms. The summed E-state index contributed by atoms with van der Waals surface area (Å²) in [6.07, 6.45) is 8.20. The molecule has 10 atom stereocenters. The van der Waals surface area contributed by atoms with Crippen molar-refractivity contribution in [1.82, 2.24) is 67.7 Å². The minimum Gasteiger partial charge on any atom is -0.508 e. The summed E-state index contributed by atoms with van der Waals surface area (Å²) in [7, 11) is 0. The number of unbranched alkanes of at least 4 members (excludes halogenated alkanes) is 1. The van der Waals surface area contributed by atoms with Gasteiger partial charge in [0.1, 0.15) is 47.8 Å². The van der Waals surface area contributed by atoms with E-state index in [9.17, 15) is 53.1 Å². The lowest BCUT2D eigenvalue weighted by Crippen LogP contribution is -2.61. The monoisotopic (exact) mass is 1410 g/mol. The summed E-state index contributed by atoms with van der Waals surface area (Å²) in [5, 5.41) is 44.5. The number of thioether (sulfide) groups is 1. The number of aromatic nitrogens is 3. The molecular formula is C66H104N14O18S. The van der Waals surface area contributed by atoms with Crippen LogP contribution in [-0.2, 0) is 95.8 Å². The zero-order valence-corrected chi connectivity index (χ0v) is 58.5. The minimum atomic E-state index is -1.25. The molecule has 33 heteroatoms. The standard InChI is InChI=1S/C65H104N14O16S.CO2/c1-6-48-60(85)74-56(42(4)5)63(88)71-50(37-43-18-20-46(81)21-19-43)64(89)79-26-12-15-52(79)61(86)70-49(14-9-10-25-78-39-44(76-77-78)38-47(66)58(83)73-55(41(2)3)62(87)69-48)59(84)68-24-28-92-30-32-94-34-36-95-35-33-93-31-29-91-27-22-45(80)13-11-23-67-54(82)17-8-7-16-53-57-51(40-96-53)72-65(90)75-57;2-1-3/h18-21,39,41-42,47-53,55-57,81H,6-17,22-38,40,66H2,1-5H3,(H,67,82)(H,68,84)(H,69,87)(H,70,86)(H,71,88)(H,73,83)(H,74,85)(H2,72,75,90);/t47-,48-,49-,50-,51-,52-,53-,55-,56-,57-;/m0./s1. The van der Waals surface area contributed by atoms with Crippen molar-refractivity contribution in [2.45, 2.75) is 197 Å². The molecule has 4 aliphatic heterocycles. The molecule has 0 aliphatic carbocycles. The van der Waals surface area contributed by atoms with E-state index in [4.69, 9.17) is 39.0 Å². The SMILES string of the molecule is CC[C@@H]1NC(=O)[C@H](C(C)C)NC(=O)[C@@H](N)Cc2cn(nn2)CCCC[C@@H](C(=O)NCCOCCOCCOCCOCCOCCC(=O)CCCNC(=O)CCCC[C@@H]2SC[C@@H]3NC(=O)N[C@@H]32)NC(=O)[C@@H]2CCCN2C(=O)[C@H](Cc2ccc(O)cc2)NC(=O)[C@H](C(C)C)NC1=O.O=C=O. The molecule has 552 valence electrons. The first-order valence-corrected chi connectivity index (χ1v) is 35.5. The number of aryl methyl sites for hydroxylation is 1. The van der Waals surface area contributed by atoms with Crippen molar-refractivity contribution in [2.75, 3.05) is 91.5 Å². The van der Waals surface area contributed by atoms with Gasteiger partial charge in [-0.05, 0) is 87.3 Å². The number of Topliss-reactive ketones (excluding diaryl/α,β-unsaturated/α-hetero) is 1. The lowest BCUT2D eigenvalue weighted by molar-refractivity contribution is -0.192. The largest absolute Gasteiger partial charge is 0.508 e. The van der Waals surface area contributed by atoms with Gasteiger partial charge in [-0.2, -0.15) is 21.4 Å². The summed E-state index contributed by atoms with van der Waals surface area (Å²) in [5.41, 5.74) is 7.34. The van der Waals surface area contributed by atoms with Crippen LogP contribution >= 0.6 is 11.8 Å². The summed E-state index contributed by atoms with van der Waals surface area (Å²) >= 11 is 1.87. The number of nitrogens with zero attached hydrogens (tertiary/aromatic N) is 4. The first-order chi connectivity index (χ1) is 47.6. The Hall–Kier alpha value is -7.65. The first kappa shape index (κ1) is 82.0. The number of hydrogen-bond donors (Lipinski definition) is 11. The van der Waals surface area contributed by atoms with E-state index in [2.05, 4.69) is 58.2 Å². The molecule has 0 unspecified atom stereocenters. The van der Waals surface area contributed by atoms with E-state index >= 15 is 0 Å². The van der Waals surface area contributed by atoms with Crippen molar-refractivity contribution >= 4 is 77.0 Å². The van der Waals surface area contributed by atoms with Crippen LogP contribution in [0.4, 0.5) is 4.79 Å². The van der Waals surface area contributed by atoms with Crippen LogP contribution in [-0.4, -0.2) is 241 Å². The third-order valence-electron chi connectivity index (χ3n) is 17.1. The molecule has 5 heterocycles. The smallest absolute Gasteiger partial charge is 0.373 e. The number of aromatic hydroxyl groups is 1. The number of rotatable bonds is 33. The summed E-state index contributed by atoms with van der Waals surface area (Å²) < 4.78 is 29.6. The summed E-state index contributed by atoms with van der Waals surface area (Å²) in [6, 6.07) is -1.39. The molecule has 2 aromatic rings. The van der Waals surface area contributed by atoms with E-state index in [0.717, 1.165) is 25.0 Å². The van der Waals surface area contributed by atoms with Gasteiger partial charge in [0.2, 0.25) is 47.3 Å². The van der Waals surface area contributed by atoms with E-state index in [1.807, 2.05) is 11.8 Å². The molecule has 3 fully saturated rings. The maximum absolute atomic E-state index is 14.8. The molecule has 1 aromatic carbocycles. The number of hydrogen-bond acceptors (Lipinski definition) is 22. The highest BCUT2D eigenvalue weighted by Crippen LogP contribution is 2.33. The van der Waals surface area contributed by atoms with Crippen LogP contribution in [0.5, 0.6) is 5.75 Å². The Morgan fingerprint density at radius 2 is 1.28 bits per heavy atom. The molecule has 6 rings (SSSR count). The van der Waals surface area contributed by atoms with E-state index in [-0.39, 0.29) is 107 Å². The molecule has 4 aliphatic rings. The highest BCUT2D eigenvalue weighted by Gasteiger charge is 2.43. The Morgan fingerprint density at radius 3 is 1.92 bits per heavy atom. The van der Waals surface area contributed by atoms with E-state index in [0.29, 0.717) is 121 Å². The van der Waals surface area contributed by atoms with E-state index in [1.165, 1.54) is 17.0 Å². The number of carbonyl (C=O) groups is 10. The molecule has 12 N–H and O–H groups in total. The molecule has 10 amide bonds. The van der Waals surface area contributed by atoms with Gasteiger partial charge in [0.25, 0.3) is 0 Å². The summed E-state index contributed by atoms with van der Waals surface area (Å²) in [4.78, 5) is 152. The zero-order valence-electron chi connectivity index (χ0n) is 57.7. The molecular weight excluding hydrogens is 1310 g/mol. The predicted molar refractivity (Wildman–Crippen MR) is 360 cm³/mol. The molecule has 3 saturated heterocycles. The highest BCUT2D eigenvalue weighted by atomic mass is 32.2. The predicted octanol–water partition coefficient (Wildman–Crippen LogP) is -0.386. The first-order valence-electron chi connectivity index (χ1n) is 34.5. The van der Waals surface area contributed by atoms with Crippen molar-refractivity contribution in [1.29, 1.82) is 0 Å². The molecule has 32 nitrogen and oxygen atoms in total. The van der Waals surface area contributed by atoms with Crippen LogP contribution in [0.1, 0.15) is 129 Å². The lowest BCUT2D eigenvalue weighted by atomic mass is 9.99. The number of fused-ring (bicyclic) bond motifs is 4. The van der Waals surface area contributed by atoms with Gasteiger partial charge < -0.3 is 87.3 Å². The van der Waals surface area contributed by atoms with Crippen LogP contribution < -0.4 is 53.6 Å². The molecule has 1 aromatic heterocycles. The molecule has 2 bridgehead atoms. The molecule has 0 radical (unpaired) electrons. The maximum atomic E-state index is 14.8. The second-order valence-corrected chi connectivity index (χ2v) is 26.7. The molecule has 0 saturated carbocycles. The fourth-order valence-electron chi connectivity index (χ4n) is 11.6. The second kappa shape index (κ2) is 45.2. The van der Waals surface area contributed by atoms with Crippen molar-refractivity contribution in [3.05, 3.63) is 41.7 Å². The van der Waals surface area contributed by atoms with Crippen molar-refractivity contribution in [3.63, 3.8) is 0 Å². The second-order valence-electron chi connectivity index (χ2n) is 25.4. The van der Waals surface area contributed by atoms with Gasteiger partial charge in [0.15, 0.2) is 0 Å². The number of phenols is 1. The number of carbonyl (C=O) groups excluding carboxylic acids is 12. The number of ketones is 1. The highest BCUT2D eigenvalue weighted by molar-refractivity contribution is 8.00. The lowest BCUT2D eigenvalue weighted by Gasteiger charge is -2.31. The van der Waals surface area contributed by atoms with E-state index in [1.54, 1.807) is 57.6 Å². The van der Waals surface area contributed by atoms with E-state index < -0.39 is 95.5 Å². The van der Waals surface area contributed by atoms with Crippen molar-refractivity contribution < 1.29 is 86.3 Å². The number of nitrogens with one attached hydrogen (secondary N) is 9. The fraction of sp³-hybridized carbons (Fsp3) is 0.712. The normalized spacial score (nSPS) is 23.6. The zero-order chi connectivity index (χ0) is 72.1. The van der Waals surface area contributed by atoms with Gasteiger partial charge in [-0.25, -0.2) is 4.79 Å². The average molecular weight is 1410 g/mol. The number of benzene rings is 1. The quantitative estimate of drug-likeness (QED) is 0.0320. The maximum Gasteiger partial charge on any atom is 0.373 e. The van der Waals surface area contributed by atoms with Crippen LogP contribution in [0.25, 0.3) is 0 Å². The van der Waals surface area contributed by atoms with Crippen LogP contribution in [0.2, 0.25) is 0 Å². The van der Waals surface area contributed by atoms with Gasteiger partial charge >= 0.3 is 12.2 Å². The van der Waals surface area contributed by atoms with Gasteiger partial charge in [-0.15, -0.1) is 5.10 Å². The Labute approximate surface area is 582 Å². The Kier molecular flexibility index (Phi) is 37.4. The van der Waals surface area contributed by atoms with Gasteiger partial charge in [0.05, 0.1) is 89.9 Å². The van der Waals surface area contributed by atoms with Crippen molar-refractivity contribution in [3.8, 4) is 5.75 Å². The van der Waals surface area contributed by atoms with Crippen LogP contribution in [0.15, 0.2) is 30.5 Å². The van der Waals surface area contributed by atoms with Gasteiger partial charge in [0, 0.05) is 75.5 Å². The number of amides is 10. The molecule has 0 spiro atoms. The number of nitrogens with two attached hydrogens (primary N) is 1. The topological polar surface area (TPSA) is 439 Å². The minimum absolute atomic E-state index is 0.00152. The Bertz CT molecular complexity index is 2920. The summed E-state index contributed by atoms with van der Waals surface area (Å²) in [5.74, 6) is -4.18. The van der Waals surface area contributed by atoms with Crippen LogP contribution in [0.3, 0.4) is 0 Å². The fourth-order valence-corrected chi connectivity index (χ4v) is 13.1.